The quantitative estimate of drug-likeness (QED) is 0.619. The van der Waals surface area contributed by atoms with Gasteiger partial charge in [0.1, 0.15) is 0 Å². The van der Waals surface area contributed by atoms with Crippen LogP contribution in [0.3, 0.4) is 0 Å². The highest BCUT2D eigenvalue weighted by molar-refractivity contribution is 7.79. The molecule has 0 unspecified atom stereocenters. The fraction of sp³-hybridized carbons (Fsp3) is 0. The normalized spacial score (nSPS) is 8.80. The molecule has 1 aromatic rings. The first kappa shape index (κ1) is 7.51. The molecule has 0 aromatic heterocycles. The van der Waals surface area contributed by atoms with E-state index >= 15 is 0 Å². The Bertz CT molecular complexity index is 226. The fourth-order valence-corrected chi connectivity index (χ4v) is 1.15. The van der Waals surface area contributed by atoms with Crippen molar-refractivity contribution in [2.75, 3.05) is 0 Å². The van der Waals surface area contributed by atoms with Gasteiger partial charge in [0.15, 0.2) is 0 Å². The lowest BCUT2D eigenvalue weighted by Crippen LogP contribution is -1.86. The van der Waals surface area contributed by atoms with Crippen molar-refractivity contribution in [1.82, 2.24) is 0 Å². The van der Waals surface area contributed by atoms with E-state index in [1.54, 1.807) is 10.7 Å². The molecule has 0 bridgehead atoms. The molecule has 0 saturated carbocycles. The van der Waals surface area contributed by atoms with Crippen LogP contribution < -0.4 is 0 Å². The monoisotopic (exact) mass is 166 g/mol. The number of thiocarbonyl (C=S) groups is 2. The lowest BCUT2D eigenvalue weighted by Gasteiger charge is -1.94. The van der Waals surface area contributed by atoms with E-state index in [-0.39, 0.29) is 0 Å². The highest BCUT2D eigenvalue weighted by Crippen LogP contribution is 2.02. The maximum Gasteiger partial charge on any atom is 0.00924 e. The van der Waals surface area contributed by atoms with Crippen LogP contribution in [0.1, 0.15) is 11.1 Å². The summed E-state index contributed by atoms with van der Waals surface area (Å²) in [6, 6.07) is 7.79. The fourth-order valence-electron chi connectivity index (χ4n) is 0.726. The minimum absolute atomic E-state index is 1.02. The maximum absolute atomic E-state index is 4.78. The van der Waals surface area contributed by atoms with Gasteiger partial charge in [0.25, 0.3) is 0 Å². The Morgan fingerprint density at radius 2 is 1.30 bits per heavy atom. The van der Waals surface area contributed by atoms with Gasteiger partial charge in [-0.3, -0.25) is 0 Å². The van der Waals surface area contributed by atoms with Crippen LogP contribution in [-0.4, -0.2) is 10.7 Å². The average molecular weight is 166 g/mol. The minimum Gasteiger partial charge on any atom is -0.0881 e. The molecule has 10 heavy (non-hydrogen) atoms. The number of benzene rings is 1. The third-order valence-electron chi connectivity index (χ3n) is 1.25. The van der Waals surface area contributed by atoms with Gasteiger partial charge in [-0.15, -0.1) is 0 Å². The van der Waals surface area contributed by atoms with Gasteiger partial charge in [-0.2, -0.15) is 0 Å². The van der Waals surface area contributed by atoms with Crippen molar-refractivity contribution in [3.05, 3.63) is 35.4 Å². The smallest absolute Gasteiger partial charge is 0.00924 e. The molecule has 0 atom stereocenters. The standard InChI is InChI=1S/C8H6S2/c9-5-7-3-1-2-4-8(7)6-10/h1-6H. The highest BCUT2D eigenvalue weighted by Gasteiger charge is 1.91. The predicted octanol–water partition coefficient (Wildman–Crippen LogP) is 2.38. The molecule has 0 amide bonds. The summed E-state index contributed by atoms with van der Waals surface area (Å²) in [6.07, 6.45) is 0. The first-order valence-corrected chi connectivity index (χ1v) is 3.82. The first-order valence-electron chi connectivity index (χ1n) is 2.88. The average Bonchev–Trinajstić information content (AvgIpc) is 2.04. The molecule has 0 radical (unpaired) electrons. The lowest BCUT2D eigenvalue weighted by molar-refractivity contribution is 1.66. The minimum atomic E-state index is 1.02. The highest BCUT2D eigenvalue weighted by atomic mass is 32.1. The largest absolute Gasteiger partial charge is 0.0881 e. The summed E-state index contributed by atoms with van der Waals surface area (Å²) in [5.41, 5.74) is 2.04. The van der Waals surface area contributed by atoms with Crippen molar-refractivity contribution in [2.45, 2.75) is 0 Å². The van der Waals surface area contributed by atoms with E-state index in [9.17, 15) is 0 Å². The Morgan fingerprint density at radius 3 is 1.60 bits per heavy atom. The summed E-state index contributed by atoms with van der Waals surface area (Å²) < 4.78 is 0. The van der Waals surface area contributed by atoms with E-state index in [1.165, 1.54) is 0 Å². The molecule has 0 N–H and O–H groups in total. The van der Waals surface area contributed by atoms with Gasteiger partial charge in [-0.05, 0) is 11.1 Å². The Hall–Kier alpha value is -0.600. The molecule has 1 aromatic carbocycles. The van der Waals surface area contributed by atoms with E-state index in [1.807, 2.05) is 24.3 Å². The van der Waals surface area contributed by atoms with Gasteiger partial charge >= 0.3 is 0 Å². The number of hydrogen-bond donors (Lipinski definition) is 0. The number of rotatable bonds is 2. The van der Waals surface area contributed by atoms with E-state index in [0.717, 1.165) is 11.1 Å². The lowest BCUT2D eigenvalue weighted by atomic mass is 10.1. The molecule has 0 aliphatic rings. The van der Waals surface area contributed by atoms with E-state index in [2.05, 4.69) is 0 Å². The maximum atomic E-state index is 4.78. The van der Waals surface area contributed by atoms with E-state index in [4.69, 9.17) is 24.4 Å². The topological polar surface area (TPSA) is 0 Å². The summed E-state index contributed by atoms with van der Waals surface area (Å²) in [7, 11) is 0. The second kappa shape index (κ2) is 3.54. The van der Waals surface area contributed by atoms with E-state index < -0.39 is 0 Å². The summed E-state index contributed by atoms with van der Waals surface area (Å²) >= 11 is 9.56. The van der Waals surface area contributed by atoms with Gasteiger partial charge in [0.05, 0.1) is 0 Å². The summed E-state index contributed by atoms with van der Waals surface area (Å²) in [5, 5.41) is 3.27. The van der Waals surface area contributed by atoms with Crippen LogP contribution in [-0.2, 0) is 0 Å². The van der Waals surface area contributed by atoms with Crippen LogP contribution in [0.25, 0.3) is 0 Å². The molecule has 0 heterocycles. The molecule has 0 fully saturated rings. The Kier molecular flexibility index (Phi) is 2.66. The van der Waals surface area contributed by atoms with Crippen LogP contribution in [0.5, 0.6) is 0 Å². The molecule has 50 valence electrons. The van der Waals surface area contributed by atoms with Crippen molar-refractivity contribution in [3.8, 4) is 0 Å². The molecule has 0 aliphatic heterocycles. The second-order valence-corrected chi connectivity index (χ2v) is 2.34. The van der Waals surface area contributed by atoms with Gasteiger partial charge in [0.2, 0.25) is 0 Å². The molecule has 2 heteroatoms. The van der Waals surface area contributed by atoms with Crippen molar-refractivity contribution >= 4 is 35.2 Å². The molecule has 0 spiro atoms. The van der Waals surface area contributed by atoms with Crippen molar-refractivity contribution in [1.29, 1.82) is 0 Å². The first-order chi connectivity index (χ1) is 4.88. The molecular weight excluding hydrogens is 160 g/mol. The summed E-state index contributed by atoms with van der Waals surface area (Å²) in [6.45, 7) is 0. The molecule has 0 nitrogen and oxygen atoms in total. The van der Waals surface area contributed by atoms with Crippen molar-refractivity contribution < 1.29 is 0 Å². The summed E-state index contributed by atoms with van der Waals surface area (Å²) in [4.78, 5) is 0. The van der Waals surface area contributed by atoms with Crippen molar-refractivity contribution in [3.63, 3.8) is 0 Å². The zero-order chi connectivity index (χ0) is 7.40. The third-order valence-corrected chi connectivity index (χ3v) is 1.76. The van der Waals surface area contributed by atoms with Crippen molar-refractivity contribution in [2.24, 2.45) is 0 Å². The SMILES string of the molecule is S=Cc1ccccc1C=S. The third kappa shape index (κ3) is 1.46. The van der Waals surface area contributed by atoms with Gasteiger partial charge in [0, 0.05) is 10.7 Å². The predicted molar refractivity (Wildman–Crippen MR) is 52.0 cm³/mol. The molecule has 1 rings (SSSR count). The van der Waals surface area contributed by atoms with Gasteiger partial charge in [-0.1, -0.05) is 48.7 Å². The Morgan fingerprint density at radius 1 is 0.900 bits per heavy atom. The van der Waals surface area contributed by atoms with Gasteiger partial charge < -0.3 is 0 Å². The zero-order valence-corrected chi connectivity index (χ0v) is 6.91. The van der Waals surface area contributed by atoms with E-state index in [0.29, 0.717) is 0 Å². The van der Waals surface area contributed by atoms with Crippen LogP contribution in [0.15, 0.2) is 24.3 Å². The number of hydrogen-bond acceptors (Lipinski definition) is 2. The van der Waals surface area contributed by atoms with Gasteiger partial charge in [-0.25, -0.2) is 0 Å². The summed E-state index contributed by atoms with van der Waals surface area (Å²) in [5.74, 6) is 0. The molecule has 0 aliphatic carbocycles. The zero-order valence-electron chi connectivity index (χ0n) is 5.28. The molecular formula is C8H6S2. The van der Waals surface area contributed by atoms with Crippen LogP contribution in [0.4, 0.5) is 0 Å². The van der Waals surface area contributed by atoms with Crippen LogP contribution in [0.2, 0.25) is 0 Å². The van der Waals surface area contributed by atoms with Crippen LogP contribution in [0, 0.1) is 0 Å². The second-order valence-electron chi connectivity index (χ2n) is 1.86. The Balaban J connectivity index is 3.20. The van der Waals surface area contributed by atoms with Crippen LogP contribution >= 0.6 is 24.4 Å². The molecule has 0 saturated heterocycles. The Labute approximate surface area is 70.9 Å².